The van der Waals surface area contributed by atoms with Crippen LogP contribution < -0.4 is 5.32 Å². The maximum absolute atomic E-state index is 14.3. The standard InChI is InChI=1S/C33H35N3O5/c1-33(2,3)41-32(39)35-28(17-25-19-34-27-16-10-9-15-26(25)27)30(37)36-20-24-14-8-7-13-23(24)18-29(36)31(38)40-21-22-11-5-4-6-12-22/h4-16,19,28-29,34H,17-18,20-21H2,1-3H3,(H,35,39)/t28-,29-/m0/s1. The Labute approximate surface area is 239 Å². The van der Waals surface area contributed by atoms with Gasteiger partial charge in [0.1, 0.15) is 24.3 Å². The van der Waals surface area contributed by atoms with Crippen LogP contribution in [-0.4, -0.2) is 45.5 Å². The number of rotatable bonds is 7. The first-order valence-electron chi connectivity index (χ1n) is 13.8. The molecule has 0 fully saturated rings. The first kappa shape index (κ1) is 28.0. The van der Waals surface area contributed by atoms with E-state index in [0.717, 1.165) is 33.2 Å². The zero-order valence-electron chi connectivity index (χ0n) is 23.6. The zero-order chi connectivity index (χ0) is 29.0. The van der Waals surface area contributed by atoms with Gasteiger partial charge >= 0.3 is 12.1 Å². The van der Waals surface area contributed by atoms with Crippen molar-refractivity contribution in [3.63, 3.8) is 0 Å². The molecule has 212 valence electrons. The second kappa shape index (κ2) is 11.9. The summed E-state index contributed by atoms with van der Waals surface area (Å²) in [6, 6.07) is 23.2. The monoisotopic (exact) mass is 553 g/mol. The van der Waals surface area contributed by atoms with Gasteiger partial charge in [-0.2, -0.15) is 0 Å². The van der Waals surface area contributed by atoms with Gasteiger partial charge in [-0.25, -0.2) is 9.59 Å². The van der Waals surface area contributed by atoms with Crippen molar-refractivity contribution in [3.05, 3.63) is 107 Å². The number of ether oxygens (including phenoxy) is 2. The molecule has 3 aromatic carbocycles. The second-order valence-electron chi connectivity index (χ2n) is 11.3. The van der Waals surface area contributed by atoms with Crippen LogP contribution in [0.2, 0.25) is 0 Å². The summed E-state index contributed by atoms with van der Waals surface area (Å²) in [5, 5.41) is 3.75. The number of hydrogen-bond acceptors (Lipinski definition) is 5. The van der Waals surface area contributed by atoms with E-state index in [4.69, 9.17) is 9.47 Å². The highest BCUT2D eigenvalue weighted by atomic mass is 16.6. The molecular weight excluding hydrogens is 518 g/mol. The Kier molecular flexibility index (Phi) is 8.10. The third-order valence-electron chi connectivity index (χ3n) is 7.12. The predicted octanol–water partition coefficient (Wildman–Crippen LogP) is 5.30. The lowest BCUT2D eigenvalue weighted by Gasteiger charge is -2.37. The number of alkyl carbamates (subject to hydrolysis) is 1. The van der Waals surface area contributed by atoms with Crippen LogP contribution in [0.5, 0.6) is 0 Å². The van der Waals surface area contributed by atoms with Gasteiger partial charge in [0, 0.05) is 36.5 Å². The van der Waals surface area contributed by atoms with Gasteiger partial charge in [-0.15, -0.1) is 0 Å². The SMILES string of the molecule is CC(C)(C)OC(=O)N[C@@H](Cc1c[nH]c2ccccc12)C(=O)N1Cc2ccccc2C[C@H]1C(=O)OCc1ccccc1. The number of para-hydroxylation sites is 1. The number of aromatic nitrogens is 1. The summed E-state index contributed by atoms with van der Waals surface area (Å²) < 4.78 is 11.2. The molecule has 0 saturated heterocycles. The quantitative estimate of drug-likeness (QED) is 0.303. The van der Waals surface area contributed by atoms with E-state index in [-0.39, 0.29) is 25.5 Å². The van der Waals surface area contributed by atoms with Crippen LogP contribution in [0.3, 0.4) is 0 Å². The molecule has 0 saturated carbocycles. The molecule has 1 aromatic heterocycles. The van der Waals surface area contributed by atoms with Gasteiger partial charge in [0.2, 0.25) is 5.91 Å². The number of benzene rings is 3. The number of nitrogens with zero attached hydrogens (tertiary/aromatic N) is 1. The van der Waals surface area contributed by atoms with Gasteiger partial charge in [0.25, 0.3) is 0 Å². The van der Waals surface area contributed by atoms with Gasteiger partial charge < -0.3 is 24.7 Å². The number of carbonyl (C=O) groups excluding carboxylic acids is 3. The Hall–Kier alpha value is -4.59. The Morgan fingerprint density at radius 2 is 1.63 bits per heavy atom. The summed E-state index contributed by atoms with van der Waals surface area (Å²) in [4.78, 5) is 45.5. The molecule has 4 aromatic rings. The van der Waals surface area contributed by atoms with Crippen LogP contribution in [0.1, 0.15) is 43.0 Å². The summed E-state index contributed by atoms with van der Waals surface area (Å²) >= 11 is 0. The van der Waals surface area contributed by atoms with Crippen LogP contribution in [0.4, 0.5) is 4.79 Å². The summed E-state index contributed by atoms with van der Waals surface area (Å²) in [6.45, 7) is 5.63. The molecule has 8 heteroatoms. The number of amides is 2. The van der Waals surface area contributed by atoms with E-state index < -0.39 is 29.7 Å². The van der Waals surface area contributed by atoms with Crippen LogP contribution in [-0.2, 0) is 45.1 Å². The van der Waals surface area contributed by atoms with Crippen molar-refractivity contribution in [1.82, 2.24) is 15.2 Å². The normalized spacial score (nSPS) is 15.6. The van der Waals surface area contributed by atoms with Gasteiger partial charge in [-0.3, -0.25) is 4.79 Å². The molecule has 5 rings (SSSR count). The van der Waals surface area contributed by atoms with E-state index in [1.807, 2.05) is 85.1 Å². The minimum atomic E-state index is -0.973. The fourth-order valence-corrected chi connectivity index (χ4v) is 5.16. The van der Waals surface area contributed by atoms with Crippen molar-refractivity contribution in [3.8, 4) is 0 Å². The molecule has 2 N–H and O–H groups in total. The topological polar surface area (TPSA) is 101 Å². The number of hydrogen-bond donors (Lipinski definition) is 2. The van der Waals surface area contributed by atoms with E-state index >= 15 is 0 Å². The summed E-state index contributed by atoms with van der Waals surface area (Å²) in [7, 11) is 0. The lowest BCUT2D eigenvalue weighted by atomic mass is 9.92. The number of carbonyl (C=O) groups is 3. The van der Waals surface area contributed by atoms with Gasteiger partial charge in [0.05, 0.1) is 0 Å². The Bertz CT molecular complexity index is 1540. The first-order valence-corrected chi connectivity index (χ1v) is 13.8. The number of aromatic amines is 1. The fourth-order valence-electron chi connectivity index (χ4n) is 5.16. The molecule has 41 heavy (non-hydrogen) atoms. The van der Waals surface area contributed by atoms with Crippen molar-refractivity contribution < 1.29 is 23.9 Å². The van der Waals surface area contributed by atoms with E-state index in [2.05, 4.69) is 10.3 Å². The molecule has 0 unspecified atom stereocenters. The van der Waals surface area contributed by atoms with E-state index in [1.165, 1.54) is 4.90 Å². The molecule has 2 heterocycles. The second-order valence-corrected chi connectivity index (χ2v) is 11.3. The van der Waals surface area contributed by atoms with Crippen LogP contribution in [0.15, 0.2) is 85.1 Å². The largest absolute Gasteiger partial charge is 0.459 e. The summed E-state index contributed by atoms with van der Waals surface area (Å²) in [5.74, 6) is -0.864. The molecule has 0 spiro atoms. The highest BCUT2D eigenvalue weighted by Gasteiger charge is 2.39. The number of esters is 1. The van der Waals surface area contributed by atoms with Crippen molar-refractivity contribution >= 4 is 28.9 Å². The lowest BCUT2D eigenvalue weighted by molar-refractivity contribution is -0.158. The molecular formula is C33H35N3O5. The van der Waals surface area contributed by atoms with Gasteiger partial charge in [-0.1, -0.05) is 72.8 Å². The minimum absolute atomic E-state index is 0.106. The number of fused-ring (bicyclic) bond motifs is 2. The molecule has 0 bridgehead atoms. The summed E-state index contributed by atoms with van der Waals surface area (Å²) in [6.07, 6.45) is 1.68. The van der Waals surface area contributed by atoms with Gasteiger partial charge in [-0.05, 0) is 49.1 Å². The molecule has 0 radical (unpaired) electrons. The maximum Gasteiger partial charge on any atom is 0.408 e. The Balaban J connectivity index is 1.44. The molecule has 2 amide bonds. The summed E-state index contributed by atoms with van der Waals surface area (Å²) in [5.41, 5.74) is 3.86. The molecule has 0 aliphatic carbocycles. The van der Waals surface area contributed by atoms with Crippen molar-refractivity contribution in [2.75, 3.05) is 0 Å². The highest BCUT2D eigenvalue weighted by molar-refractivity contribution is 5.91. The third kappa shape index (κ3) is 6.77. The van der Waals surface area contributed by atoms with Crippen LogP contribution in [0, 0.1) is 0 Å². The highest BCUT2D eigenvalue weighted by Crippen LogP contribution is 2.27. The van der Waals surface area contributed by atoms with E-state index in [1.54, 1.807) is 20.8 Å². The third-order valence-corrected chi connectivity index (χ3v) is 7.12. The van der Waals surface area contributed by atoms with Crippen LogP contribution in [0.25, 0.3) is 10.9 Å². The van der Waals surface area contributed by atoms with E-state index in [9.17, 15) is 14.4 Å². The lowest BCUT2D eigenvalue weighted by Crippen LogP contribution is -2.57. The maximum atomic E-state index is 14.3. The molecule has 1 aliphatic heterocycles. The molecule has 2 atom stereocenters. The van der Waals surface area contributed by atoms with Crippen molar-refractivity contribution in [2.24, 2.45) is 0 Å². The van der Waals surface area contributed by atoms with Crippen LogP contribution >= 0.6 is 0 Å². The van der Waals surface area contributed by atoms with Crippen molar-refractivity contribution in [2.45, 2.75) is 64.4 Å². The van der Waals surface area contributed by atoms with Gasteiger partial charge in [0.15, 0.2) is 0 Å². The van der Waals surface area contributed by atoms with Crippen molar-refractivity contribution in [1.29, 1.82) is 0 Å². The minimum Gasteiger partial charge on any atom is -0.459 e. The molecule has 8 nitrogen and oxygen atoms in total. The Morgan fingerprint density at radius 1 is 0.951 bits per heavy atom. The fraction of sp³-hybridized carbons (Fsp3) is 0.303. The van der Waals surface area contributed by atoms with E-state index in [0.29, 0.717) is 6.42 Å². The smallest absolute Gasteiger partial charge is 0.408 e. The Morgan fingerprint density at radius 3 is 2.39 bits per heavy atom. The first-order chi connectivity index (χ1) is 19.7. The average Bonchev–Trinajstić information content (AvgIpc) is 3.36. The predicted molar refractivity (Wildman–Crippen MR) is 156 cm³/mol. The zero-order valence-corrected chi connectivity index (χ0v) is 23.6. The number of nitrogens with one attached hydrogen (secondary N) is 2. The molecule has 1 aliphatic rings. The number of H-pyrrole nitrogens is 1. The average molecular weight is 554 g/mol.